The summed E-state index contributed by atoms with van der Waals surface area (Å²) < 4.78 is 0. The molecule has 0 amide bonds. The minimum Gasteiger partial charge on any atom is -0.310 e. The first kappa shape index (κ1) is 38.9. The fourth-order valence-electron chi connectivity index (χ4n) is 11.9. The average Bonchev–Trinajstić information content (AvgIpc) is 3.71. The molecule has 0 atom stereocenters. The Morgan fingerprint density at radius 3 is 1.28 bits per heavy atom. The maximum Gasteiger partial charge on any atom is 0.0720 e. The molecule has 314 valence electrons. The van der Waals surface area contributed by atoms with E-state index in [0.29, 0.717) is 0 Å². The molecule has 0 aromatic heterocycles. The monoisotopic (exact) mass is 851 g/mol. The quantitative estimate of drug-likeness (QED) is 0.154. The SMILES string of the molecule is c1ccc(-c2ccc(N(c3ccc(-c4cccc5ccccc45)cc3)c3cccc4c3-c3ccccc3C43c4ccccc4C(c4ccccc4)(c4ccccc4)c4ccccc43)cc2)cc1. The Balaban J connectivity index is 1.07. The molecule has 0 aliphatic heterocycles. The van der Waals surface area contributed by atoms with Gasteiger partial charge in [0.1, 0.15) is 0 Å². The van der Waals surface area contributed by atoms with Gasteiger partial charge in [-0.2, -0.15) is 0 Å². The molecule has 13 rings (SSSR count). The van der Waals surface area contributed by atoms with E-state index in [-0.39, 0.29) is 0 Å². The van der Waals surface area contributed by atoms with Gasteiger partial charge in [-0.3, -0.25) is 0 Å². The summed E-state index contributed by atoms with van der Waals surface area (Å²) in [7, 11) is 0. The van der Waals surface area contributed by atoms with Crippen molar-refractivity contribution < 1.29 is 0 Å². The zero-order chi connectivity index (χ0) is 44.4. The van der Waals surface area contributed by atoms with Crippen LogP contribution in [-0.4, -0.2) is 0 Å². The summed E-state index contributed by atoms with van der Waals surface area (Å²) in [4.78, 5) is 2.48. The normalized spacial score (nSPS) is 13.6. The molecule has 67 heavy (non-hydrogen) atoms. The number of hydrogen-bond donors (Lipinski definition) is 0. The number of benzene rings is 11. The molecule has 0 radical (unpaired) electrons. The van der Waals surface area contributed by atoms with Crippen molar-refractivity contribution >= 4 is 27.8 Å². The topological polar surface area (TPSA) is 3.24 Å². The molecule has 0 heterocycles. The highest BCUT2D eigenvalue weighted by Gasteiger charge is 2.57. The van der Waals surface area contributed by atoms with Gasteiger partial charge >= 0.3 is 0 Å². The lowest BCUT2D eigenvalue weighted by Crippen LogP contribution is -2.44. The molecule has 0 saturated heterocycles. The van der Waals surface area contributed by atoms with Gasteiger partial charge in [0.15, 0.2) is 0 Å². The van der Waals surface area contributed by atoms with Gasteiger partial charge in [-0.1, -0.05) is 243 Å². The van der Waals surface area contributed by atoms with Gasteiger partial charge in [0.05, 0.1) is 16.5 Å². The molecule has 1 heteroatoms. The van der Waals surface area contributed by atoms with E-state index in [4.69, 9.17) is 0 Å². The largest absolute Gasteiger partial charge is 0.310 e. The Morgan fingerprint density at radius 2 is 0.672 bits per heavy atom. The Morgan fingerprint density at radius 1 is 0.254 bits per heavy atom. The summed E-state index contributed by atoms with van der Waals surface area (Å²) in [5, 5.41) is 2.50. The van der Waals surface area contributed by atoms with Crippen LogP contribution in [0.15, 0.2) is 273 Å². The molecule has 0 N–H and O–H groups in total. The Bertz CT molecular complexity index is 3520. The summed E-state index contributed by atoms with van der Waals surface area (Å²) in [6.07, 6.45) is 0. The molecule has 2 aliphatic carbocycles. The number of nitrogens with zero attached hydrogens (tertiary/aromatic N) is 1. The molecule has 0 fully saturated rings. The Labute approximate surface area is 392 Å². The molecule has 0 bridgehead atoms. The van der Waals surface area contributed by atoms with Crippen LogP contribution in [0.25, 0.3) is 44.2 Å². The number of hydrogen-bond acceptors (Lipinski definition) is 1. The molecule has 1 nitrogen and oxygen atoms in total. The molecule has 1 spiro atoms. The van der Waals surface area contributed by atoms with E-state index < -0.39 is 10.8 Å². The van der Waals surface area contributed by atoms with Crippen molar-refractivity contribution in [3.05, 3.63) is 317 Å². The molecule has 0 saturated carbocycles. The van der Waals surface area contributed by atoms with Crippen LogP contribution in [0.2, 0.25) is 0 Å². The van der Waals surface area contributed by atoms with Crippen molar-refractivity contribution in [3.8, 4) is 33.4 Å². The van der Waals surface area contributed by atoms with E-state index in [9.17, 15) is 0 Å². The highest BCUT2D eigenvalue weighted by Crippen LogP contribution is 2.66. The summed E-state index contributed by atoms with van der Waals surface area (Å²) in [5.41, 5.74) is 19.8. The van der Waals surface area contributed by atoms with Crippen LogP contribution in [0.1, 0.15) is 44.5 Å². The second-order valence-electron chi connectivity index (χ2n) is 17.9. The Kier molecular flexibility index (Phi) is 9.05. The highest BCUT2D eigenvalue weighted by atomic mass is 15.1. The van der Waals surface area contributed by atoms with Crippen LogP contribution >= 0.6 is 0 Å². The van der Waals surface area contributed by atoms with Gasteiger partial charge in [-0.15, -0.1) is 0 Å². The highest BCUT2D eigenvalue weighted by molar-refractivity contribution is 6.00. The van der Waals surface area contributed by atoms with Gasteiger partial charge in [0.25, 0.3) is 0 Å². The molecular weight excluding hydrogens is 807 g/mol. The summed E-state index contributed by atoms with van der Waals surface area (Å²) in [6.45, 7) is 0. The fraction of sp³-hybridized carbons (Fsp3) is 0.0303. The Hall–Kier alpha value is -8.52. The van der Waals surface area contributed by atoms with Gasteiger partial charge in [0.2, 0.25) is 0 Å². The van der Waals surface area contributed by atoms with E-state index in [2.05, 4.69) is 278 Å². The van der Waals surface area contributed by atoms with Crippen molar-refractivity contribution in [1.82, 2.24) is 0 Å². The molecule has 2 aliphatic rings. The predicted octanol–water partition coefficient (Wildman–Crippen LogP) is 16.7. The number of rotatable bonds is 7. The zero-order valence-corrected chi connectivity index (χ0v) is 36.9. The average molecular weight is 852 g/mol. The van der Waals surface area contributed by atoms with E-state index in [1.165, 1.54) is 88.7 Å². The predicted molar refractivity (Wildman–Crippen MR) is 279 cm³/mol. The first-order valence-electron chi connectivity index (χ1n) is 23.3. The fourth-order valence-corrected chi connectivity index (χ4v) is 11.9. The van der Waals surface area contributed by atoms with E-state index in [1.807, 2.05) is 0 Å². The molecule has 11 aromatic rings. The smallest absolute Gasteiger partial charge is 0.0720 e. The van der Waals surface area contributed by atoms with Crippen LogP contribution in [0, 0.1) is 0 Å². The lowest BCUT2D eigenvalue weighted by atomic mass is 9.51. The second-order valence-corrected chi connectivity index (χ2v) is 17.9. The van der Waals surface area contributed by atoms with Gasteiger partial charge in [0, 0.05) is 16.9 Å². The van der Waals surface area contributed by atoms with Crippen LogP contribution in [-0.2, 0) is 10.8 Å². The standard InChI is InChI=1S/C66H45N/c1-4-20-46(21-5-1)47-38-42-52(43-39-47)67(53-44-40-49(41-45-53)55-30-18-23-48-22-10-11-28-54(48)55)63-37-19-36-62-64(63)56-29-12-13-31-57(56)66(62)60-34-16-14-32-58(60)65(50-24-6-2-7-25-50,51-26-8-3-9-27-51)59-33-15-17-35-61(59)66/h1-45H. The molecule has 0 unspecified atom stereocenters. The number of anilines is 3. The van der Waals surface area contributed by atoms with Gasteiger partial charge < -0.3 is 4.90 Å². The minimum absolute atomic E-state index is 0.561. The van der Waals surface area contributed by atoms with Crippen LogP contribution in [0.3, 0.4) is 0 Å². The third kappa shape index (κ3) is 5.75. The van der Waals surface area contributed by atoms with Crippen molar-refractivity contribution in [3.63, 3.8) is 0 Å². The first-order valence-corrected chi connectivity index (χ1v) is 23.3. The van der Waals surface area contributed by atoms with Crippen molar-refractivity contribution in [2.45, 2.75) is 10.8 Å². The van der Waals surface area contributed by atoms with E-state index in [0.717, 1.165) is 17.1 Å². The lowest BCUT2D eigenvalue weighted by Gasteiger charge is -2.50. The summed E-state index contributed by atoms with van der Waals surface area (Å²) >= 11 is 0. The van der Waals surface area contributed by atoms with Crippen LogP contribution in [0.5, 0.6) is 0 Å². The molecular formula is C66H45N. The minimum atomic E-state index is -0.608. The van der Waals surface area contributed by atoms with Gasteiger partial charge in [-0.05, 0) is 113 Å². The van der Waals surface area contributed by atoms with Crippen molar-refractivity contribution in [2.75, 3.05) is 4.90 Å². The third-order valence-corrected chi connectivity index (χ3v) is 14.6. The summed E-state index contributed by atoms with van der Waals surface area (Å²) in [5.74, 6) is 0. The third-order valence-electron chi connectivity index (χ3n) is 14.6. The van der Waals surface area contributed by atoms with Crippen LogP contribution in [0.4, 0.5) is 17.1 Å². The zero-order valence-electron chi connectivity index (χ0n) is 36.9. The first-order chi connectivity index (χ1) is 33.3. The lowest BCUT2D eigenvalue weighted by molar-refractivity contribution is 0.623. The van der Waals surface area contributed by atoms with Crippen molar-refractivity contribution in [1.29, 1.82) is 0 Å². The molecule has 11 aromatic carbocycles. The summed E-state index contributed by atoms with van der Waals surface area (Å²) in [6, 6.07) is 101. The maximum atomic E-state index is 2.48. The van der Waals surface area contributed by atoms with Crippen molar-refractivity contribution in [2.24, 2.45) is 0 Å². The van der Waals surface area contributed by atoms with E-state index in [1.54, 1.807) is 0 Å². The van der Waals surface area contributed by atoms with E-state index >= 15 is 0 Å². The maximum absolute atomic E-state index is 2.48. The number of fused-ring (bicyclic) bond motifs is 10. The van der Waals surface area contributed by atoms with Gasteiger partial charge in [-0.25, -0.2) is 0 Å². The second kappa shape index (κ2) is 15.6. The van der Waals surface area contributed by atoms with Crippen LogP contribution < -0.4 is 4.90 Å².